The molecule has 10 rings (SSSR count). The first kappa shape index (κ1) is 28.2. The zero-order valence-electron chi connectivity index (χ0n) is 26.7. The summed E-state index contributed by atoms with van der Waals surface area (Å²) < 4.78 is 12.6. The minimum Gasteiger partial charge on any atom is -0.456 e. The molecular weight excluding hydrogens is 615 g/mol. The zero-order chi connectivity index (χ0) is 33.0. The highest BCUT2D eigenvalue weighted by Crippen LogP contribution is 2.40. The number of nitrogens with zero attached hydrogens (tertiary/aromatic N) is 3. The summed E-state index contributed by atoms with van der Waals surface area (Å²) in [7, 11) is 0. The van der Waals surface area contributed by atoms with E-state index in [2.05, 4.69) is 78.9 Å². The van der Waals surface area contributed by atoms with E-state index in [9.17, 15) is 0 Å². The Hall–Kier alpha value is -6.85. The van der Waals surface area contributed by atoms with Crippen LogP contribution in [0.5, 0.6) is 0 Å². The van der Waals surface area contributed by atoms with Gasteiger partial charge in [0.25, 0.3) is 0 Å². The van der Waals surface area contributed by atoms with Crippen molar-refractivity contribution in [2.45, 2.75) is 0 Å². The second kappa shape index (κ2) is 11.4. The fourth-order valence-corrected chi connectivity index (χ4v) is 7.01. The monoisotopic (exact) mass is 641 g/mol. The van der Waals surface area contributed by atoms with Crippen molar-refractivity contribution in [2.75, 3.05) is 0 Å². The lowest BCUT2D eigenvalue weighted by Crippen LogP contribution is -2.00. The molecule has 0 bridgehead atoms. The van der Waals surface area contributed by atoms with E-state index in [0.717, 1.165) is 82.8 Å². The van der Waals surface area contributed by atoms with Crippen LogP contribution in [0, 0.1) is 0 Å². The topological polar surface area (TPSA) is 65.0 Å². The summed E-state index contributed by atoms with van der Waals surface area (Å²) in [5, 5.41) is 4.18. The van der Waals surface area contributed by atoms with Crippen LogP contribution in [-0.2, 0) is 0 Å². The smallest absolute Gasteiger partial charge is 0.164 e. The van der Waals surface area contributed by atoms with Crippen molar-refractivity contribution in [3.8, 4) is 56.4 Å². The number of hydrogen-bond donors (Lipinski definition) is 0. The first-order valence-electron chi connectivity index (χ1n) is 16.6. The molecule has 3 heterocycles. The quantitative estimate of drug-likeness (QED) is 0.187. The summed E-state index contributed by atoms with van der Waals surface area (Å²) in [5.41, 5.74) is 10.4. The largest absolute Gasteiger partial charge is 0.456 e. The first-order chi connectivity index (χ1) is 24.8. The molecule has 234 valence electrons. The second-order valence-corrected chi connectivity index (χ2v) is 12.4. The minimum atomic E-state index is 0.584. The van der Waals surface area contributed by atoms with Gasteiger partial charge in [0.15, 0.2) is 17.5 Å². The van der Waals surface area contributed by atoms with Gasteiger partial charge >= 0.3 is 0 Å². The van der Waals surface area contributed by atoms with Crippen molar-refractivity contribution < 1.29 is 8.83 Å². The molecule has 0 aliphatic carbocycles. The molecule has 0 aliphatic rings. The van der Waals surface area contributed by atoms with Crippen LogP contribution < -0.4 is 0 Å². The standard InChI is InChI=1S/C45H27N3O2/c1-3-12-28(13-4-1)30-24-25-38-36(27-30)42-35(20-11-23-40(42)50-38)45-47-43(29-14-5-2-6-15-29)46-44(48-45)32-17-9-16-31(26-32)33-19-10-22-39-41(33)34-18-7-8-21-37(34)49-39/h1-27H. The maximum atomic E-state index is 6.38. The van der Waals surface area contributed by atoms with Gasteiger partial charge in [0.1, 0.15) is 22.3 Å². The number of rotatable bonds is 5. The summed E-state index contributed by atoms with van der Waals surface area (Å²) in [6, 6.07) is 55.7. The maximum Gasteiger partial charge on any atom is 0.164 e. The van der Waals surface area contributed by atoms with Gasteiger partial charge in [-0.15, -0.1) is 0 Å². The average Bonchev–Trinajstić information content (AvgIpc) is 3.77. The van der Waals surface area contributed by atoms with Crippen molar-refractivity contribution in [1.82, 2.24) is 15.0 Å². The zero-order valence-corrected chi connectivity index (χ0v) is 26.7. The van der Waals surface area contributed by atoms with E-state index in [-0.39, 0.29) is 0 Å². The molecule has 0 fully saturated rings. The molecule has 0 N–H and O–H groups in total. The van der Waals surface area contributed by atoms with Crippen molar-refractivity contribution in [1.29, 1.82) is 0 Å². The van der Waals surface area contributed by atoms with Gasteiger partial charge in [0.05, 0.1) is 0 Å². The molecule has 7 aromatic carbocycles. The molecule has 5 nitrogen and oxygen atoms in total. The first-order valence-corrected chi connectivity index (χ1v) is 16.6. The van der Waals surface area contributed by atoms with Gasteiger partial charge in [0, 0.05) is 38.2 Å². The summed E-state index contributed by atoms with van der Waals surface area (Å²) in [4.78, 5) is 15.3. The van der Waals surface area contributed by atoms with E-state index >= 15 is 0 Å². The van der Waals surface area contributed by atoms with E-state index in [1.807, 2.05) is 84.9 Å². The van der Waals surface area contributed by atoms with E-state index in [0.29, 0.717) is 17.5 Å². The Kier molecular flexibility index (Phi) is 6.42. The summed E-state index contributed by atoms with van der Waals surface area (Å²) in [6.07, 6.45) is 0. The average molecular weight is 642 g/mol. The van der Waals surface area contributed by atoms with Gasteiger partial charge in [-0.2, -0.15) is 0 Å². The Balaban J connectivity index is 1.18. The molecule has 3 aromatic heterocycles. The van der Waals surface area contributed by atoms with Crippen LogP contribution in [0.2, 0.25) is 0 Å². The molecule has 0 amide bonds. The molecule has 10 aromatic rings. The number of fused-ring (bicyclic) bond motifs is 6. The predicted octanol–water partition coefficient (Wildman–Crippen LogP) is 12.0. The van der Waals surface area contributed by atoms with Gasteiger partial charge in [-0.3, -0.25) is 0 Å². The lowest BCUT2D eigenvalue weighted by Gasteiger charge is -2.11. The van der Waals surface area contributed by atoms with Crippen molar-refractivity contribution in [3.63, 3.8) is 0 Å². The Bertz CT molecular complexity index is 2870. The SMILES string of the molecule is c1ccc(-c2ccc3oc4cccc(-c5nc(-c6ccccc6)nc(-c6cccc(-c7cccc8oc9ccccc9c78)c6)n5)c4c3c2)cc1. The third kappa shape index (κ3) is 4.67. The Morgan fingerprint density at radius 1 is 0.300 bits per heavy atom. The van der Waals surface area contributed by atoms with Crippen molar-refractivity contribution >= 4 is 43.9 Å². The maximum absolute atomic E-state index is 6.38. The molecule has 0 spiro atoms. The number of hydrogen-bond acceptors (Lipinski definition) is 5. The number of benzene rings is 7. The highest BCUT2D eigenvalue weighted by atomic mass is 16.3. The predicted molar refractivity (Wildman–Crippen MR) is 202 cm³/mol. The van der Waals surface area contributed by atoms with Crippen LogP contribution in [0.3, 0.4) is 0 Å². The molecule has 50 heavy (non-hydrogen) atoms. The fraction of sp³-hybridized carbons (Fsp3) is 0. The van der Waals surface area contributed by atoms with Crippen LogP contribution in [0.1, 0.15) is 0 Å². The van der Waals surface area contributed by atoms with Gasteiger partial charge in [0.2, 0.25) is 0 Å². The molecule has 0 saturated carbocycles. The highest BCUT2D eigenvalue weighted by molar-refractivity contribution is 6.13. The number of furan rings is 2. The summed E-state index contributed by atoms with van der Waals surface area (Å²) in [5.74, 6) is 1.78. The second-order valence-electron chi connectivity index (χ2n) is 12.4. The van der Waals surface area contributed by atoms with Gasteiger partial charge in [-0.1, -0.05) is 127 Å². The van der Waals surface area contributed by atoms with Gasteiger partial charge < -0.3 is 8.83 Å². The minimum absolute atomic E-state index is 0.584. The lowest BCUT2D eigenvalue weighted by molar-refractivity contribution is 0.668. The molecule has 5 heteroatoms. The van der Waals surface area contributed by atoms with Crippen LogP contribution in [0.4, 0.5) is 0 Å². The van der Waals surface area contributed by atoms with Crippen LogP contribution >= 0.6 is 0 Å². The number of para-hydroxylation sites is 1. The third-order valence-corrected chi connectivity index (χ3v) is 9.34. The fourth-order valence-electron chi connectivity index (χ4n) is 7.01. The van der Waals surface area contributed by atoms with E-state index in [4.69, 9.17) is 23.8 Å². The van der Waals surface area contributed by atoms with Crippen molar-refractivity contribution in [2.24, 2.45) is 0 Å². The molecule has 0 atom stereocenters. The molecule has 0 radical (unpaired) electrons. The Morgan fingerprint density at radius 3 is 1.62 bits per heavy atom. The van der Waals surface area contributed by atoms with E-state index < -0.39 is 0 Å². The molecule has 0 saturated heterocycles. The highest BCUT2D eigenvalue weighted by Gasteiger charge is 2.19. The molecule has 0 unspecified atom stereocenters. The van der Waals surface area contributed by atoms with Crippen LogP contribution in [0.25, 0.3) is 100 Å². The number of aromatic nitrogens is 3. The Labute approximate surface area is 287 Å². The molecule has 0 aliphatic heterocycles. The summed E-state index contributed by atoms with van der Waals surface area (Å²) >= 11 is 0. The summed E-state index contributed by atoms with van der Waals surface area (Å²) in [6.45, 7) is 0. The third-order valence-electron chi connectivity index (χ3n) is 9.34. The van der Waals surface area contributed by atoms with E-state index in [1.54, 1.807) is 0 Å². The van der Waals surface area contributed by atoms with E-state index in [1.165, 1.54) is 0 Å². The van der Waals surface area contributed by atoms with Gasteiger partial charge in [-0.25, -0.2) is 15.0 Å². The normalized spacial score (nSPS) is 11.6. The Morgan fingerprint density at radius 2 is 0.840 bits per heavy atom. The van der Waals surface area contributed by atoms with Crippen LogP contribution in [0.15, 0.2) is 173 Å². The van der Waals surface area contributed by atoms with Crippen LogP contribution in [-0.4, -0.2) is 15.0 Å². The molecular formula is C45H27N3O2. The lowest BCUT2D eigenvalue weighted by atomic mass is 9.97. The van der Waals surface area contributed by atoms with Gasteiger partial charge in [-0.05, 0) is 58.7 Å². The van der Waals surface area contributed by atoms with Crippen molar-refractivity contribution in [3.05, 3.63) is 164 Å².